The molecule has 1 aromatic rings. The highest BCUT2D eigenvalue weighted by molar-refractivity contribution is 5.94. The van der Waals surface area contributed by atoms with Crippen molar-refractivity contribution >= 4 is 23.8 Å². The van der Waals surface area contributed by atoms with Crippen LogP contribution in [-0.4, -0.2) is 95.9 Å². The van der Waals surface area contributed by atoms with Gasteiger partial charge in [-0.15, -0.1) is 0 Å². The topological polar surface area (TPSA) is 123 Å². The molecule has 10 heteroatoms. The van der Waals surface area contributed by atoms with Crippen molar-refractivity contribution in [3.63, 3.8) is 0 Å². The average Bonchev–Trinajstić information content (AvgIpc) is 3.33. The summed E-state index contributed by atoms with van der Waals surface area (Å²) in [4.78, 5) is 54.1. The Hall–Kier alpha value is -2.98. The number of ether oxygens (including phenoxy) is 3. The van der Waals surface area contributed by atoms with E-state index in [1.54, 1.807) is 0 Å². The van der Waals surface area contributed by atoms with Crippen molar-refractivity contribution in [2.24, 2.45) is 29.1 Å². The summed E-state index contributed by atoms with van der Waals surface area (Å²) in [5, 5.41) is 12.1. The summed E-state index contributed by atoms with van der Waals surface area (Å²) in [5.41, 5.74) is -0.278. The van der Waals surface area contributed by atoms with E-state index >= 15 is 0 Å². The van der Waals surface area contributed by atoms with Gasteiger partial charge in [-0.1, -0.05) is 32.0 Å². The maximum absolute atomic E-state index is 13.2. The Kier molecular flexibility index (Phi) is 7.94. The van der Waals surface area contributed by atoms with Crippen molar-refractivity contribution < 1.29 is 38.5 Å². The number of benzene rings is 1. The van der Waals surface area contributed by atoms with Crippen LogP contribution in [0.15, 0.2) is 30.3 Å². The maximum Gasteiger partial charge on any atom is 0.311 e. The largest absolute Gasteiger partial charge is 0.462 e. The fourth-order valence-corrected chi connectivity index (χ4v) is 7.96. The zero-order valence-electron chi connectivity index (χ0n) is 23.7. The minimum absolute atomic E-state index is 0.00665. The highest BCUT2D eigenvalue weighted by Gasteiger charge is 2.67. The number of aliphatic hydroxyl groups is 1. The Morgan fingerprint density at radius 2 is 1.68 bits per heavy atom. The maximum atomic E-state index is 13.2. The SMILES string of the molecule is CC(=O)O[C@H]1C[C@@H](OC(C)=O)[C@H]2[C@H](C)C[C@@H]3OC(=O)[C@@H](CN4CCN(C(=O)c5ccccc5)CC4)[C@H]3[C@@H](O)[C@@]21C. The molecule has 2 saturated heterocycles. The summed E-state index contributed by atoms with van der Waals surface area (Å²) in [5.74, 6) is -2.61. The molecule has 2 aliphatic heterocycles. The summed E-state index contributed by atoms with van der Waals surface area (Å²) in [6.07, 6.45) is -1.86. The van der Waals surface area contributed by atoms with Gasteiger partial charge < -0.3 is 24.2 Å². The standard InChI is InChI=1S/C30H40N2O8/c1-17-14-22-25(27(35)30(4)24(39-19(3)34)15-23(26(17)30)38-18(2)33)21(29(37)40-22)16-31-10-12-32(13-11-31)28(36)20-8-6-5-7-9-20/h5-9,17,21-27,35H,10-16H2,1-4H3/t17-,21+,22+,23-,24+,25-,26-,27-,30-/m1/s1. The molecule has 4 fully saturated rings. The van der Waals surface area contributed by atoms with E-state index in [9.17, 15) is 24.3 Å². The van der Waals surface area contributed by atoms with E-state index in [1.165, 1.54) is 13.8 Å². The number of nitrogens with zero attached hydrogens (tertiary/aromatic N) is 2. The molecule has 0 spiro atoms. The van der Waals surface area contributed by atoms with Gasteiger partial charge in [-0.05, 0) is 24.5 Å². The van der Waals surface area contributed by atoms with Crippen LogP contribution in [0.3, 0.4) is 0 Å². The van der Waals surface area contributed by atoms with Crippen LogP contribution in [0, 0.1) is 29.1 Å². The third-order valence-corrected chi connectivity index (χ3v) is 9.70. The quantitative estimate of drug-likeness (QED) is 0.428. The number of carbonyl (C=O) groups is 4. The molecule has 218 valence electrons. The van der Waals surface area contributed by atoms with Gasteiger partial charge in [-0.25, -0.2) is 0 Å². The van der Waals surface area contributed by atoms with Crippen LogP contribution in [0.2, 0.25) is 0 Å². The summed E-state index contributed by atoms with van der Waals surface area (Å²) in [6, 6.07) is 9.19. The monoisotopic (exact) mass is 556 g/mol. The number of amides is 1. The van der Waals surface area contributed by atoms with Crippen molar-refractivity contribution in [3.8, 4) is 0 Å². The molecular weight excluding hydrogens is 516 g/mol. The molecule has 1 amide bonds. The van der Waals surface area contributed by atoms with E-state index in [1.807, 2.05) is 49.1 Å². The lowest BCUT2D eigenvalue weighted by atomic mass is 9.66. The second-order valence-electron chi connectivity index (χ2n) is 12.1. The van der Waals surface area contributed by atoms with Crippen molar-refractivity contribution in [1.29, 1.82) is 0 Å². The Bertz CT molecular complexity index is 1140. The average molecular weight is 557 g/mol. The van der Waals surface area contributed by atoms with E-state index in [0.29, 0.717) is 51.1 Å². The van der Waals surface area contributed by atoms with Gasteiger partial charge in [0.2, 0.25) is 0 Å². The molecule has 4 aliphatic rings. The van der Waals surface area contributed by atoms with Crippen molar-refractivity contribution in [1.82, 2.24) is 9.80 Å². The van der Waals surface area contributed by atoms with Crippen molar-refractivity contribution in [2.75, 3.05) is 32.7 Å². The van der Waals surface area contributed by atoms with Crippen LogP contribution in [0.4, 0.5) is 0 Å². The first-order chi connectivity index (χ1) is 19.0. The van der Waals surface area contributed by atoms with Crippen LogP contribution in [-0.2, 0) is 28.6 Å². The molecular formula is C30H40N2O8. The lowest BCUT2D eigenvalue weighted by molar-refractivity contribution is -0.165. The minimum atomic E-state index is -1.02. The van der Waals surface area contributed by atoms with Crippen LogP contribution in [0.1, 0.15) is 50.9 Å². The van der Waals surface area contributed by atoms with Crippen molar-refractivity contribution in [3.05, 3.63) is 35.9 Å². The molecule has 2 heterocycles. The first kappa shape index (κ1) is 28.5. The number of fused-ring (bicyclic) bond motifs is 2. The van der Waals surface area contributed by atoms with Gasteiger partial charge in [-0.2, -0.15) is 0 Å². The lowest BCUT2D eigenvalue weighted by Gasteiger charge is -2.43. The van der Waals surface area contributed by atoms with Gasteiger partial charge in [0, 0.05) is 75.8 Å². The number of aliphatic hydroxyl groups excluding tert-OH is 1. The molecule has 2 aliphatic carbocycles. The molecule has 9 atom stereocenters. The molecule has 1 aromatic carbocycles. The van der Waals surface area contributed by atoms with E-state index < -0.39 is 53.6 Å². The van der Waals surface area contributed by atoms with Gasteiger partial charge in [-0.3, -0.25) is 24.1 Å². The number of rotatable bonds is 5. The summed E-state index contributed by atoms with van der Waals surface area (Å²) in [6.45, 7) is 9.32. The molecule has 5 rings (SSSR count). The van der Waals surface area contributed by atoms with Gasteiger partial charge >= 0.3 is 17.9 Å². The molecule has 0 radical (unpaired) electrons. The highest BCUT2D eigenvalue weighted by Crippen LogP contribution is 2.59. The zero-order chi connectivity index (χ0) is 28.8. The number of piperazine rings is 1. The molecule has 1 N–H and O–H groups in total. The molecule has 0 unspecified atom stereocenters. The van der Waals surface area contributed by atoms with Gasteiger partial charge in [0.25, 0.3) is 5.91 Å². The summed E-state index contributed by atoms with van der Waals surface area (Å²) in [7, 11) is 0. The number of carbonyl (C=O) groups excluding carboxylic acids is 4. The van der Waals surface area contributed by atoms with E-state index in [0.717, 1.165) is 0 Å². The number of hydrogen-bond donors (Lipinski definition) is 1. The summed E-state index contributed by atoms with van der Waals surface area (Å²) < 4.78 is 17.3. The third-order valence-electron chi connectivity index (χ3n) is 9.70. The number of esters is 3. The molecule has 2 saturated carbocycles. The predicted octanol–water partition coefficient (Wildman–Crippen LogP) is 1.89. The Morgan fingerprint density at radius 3 is 2.30 bits per heavy atom. The van der Waals surface area contributed by atoms with Crippen LogP contribution in [0.25, 0.3) is 0 Å². The number of hydrogen-bond acceptors (Lipinski definition) is 9. The molecule has 0 bridgehead atoms. The van der Waals surface area contributed by atoms with Gasteiger partial charge in [0.15, 0.2) is 0 Å². The molecule has 40 heavy (non-hydrogen) atoms. The fraction of sp³-hybridized carbons (Fsp3) is 0.667. The highest BCUT2D eigenvalue weighted by atomic mass is 16.6. The molecule has 0 aromatic heterocycles. The van der Waals surface area contributed by atoms with E-state index in [2.05, 4.69) is 4.90 Å². The van der Waals surface area contributed by atoms with Gasteiger partial charge in [0.05, 0.1) is 12.0 Å². The Labute approximate surface area is 234 Å². The lowest BCUT2D eigenvalue weighted by Crippen LogP contribution is -2.54. The van der Waals surface area contributed by atoms with Crippen molar-refractivity contribution in [2.45, 2.75) is 65.0 Å². The summed E-state index contributed by atoms with van der Waals surface area (Å²) >= 11 is 0. The first-order valence-electron chi connectivity index (χ1n) is 14.3. The normalized spacial score (nSPS) is 37.6. The predicted molar refractivity (Wildman–Crippen MR) is 143 cm³/mol. The first-order valence-corrected chi connectivity index (χ1v) is 14.3. The molecule has 10 nitrogen and oxygen atoms in total. The van der Waals surface area contributed by atoms with E-state index in [4.69, 9.17) is 14.2 Å². The minimum Gasteiger partial charge on any atom is -0.462 e. The Morgan fingerprint density at radius 1 is 1.02 bits per heavy atom. The Balaban J connectivity index is 1.34. The van der Waals surface area contributed by atoms with Crippen LogP contribution >= 0.6 is 0 Å². The second kappa shape index (κ2) is 11.1. The van der Waals surface area contributed by atoms with E-state index in [-0.39, 0.29) is 23.7 Å². The van der Waals surface area contributed by atoms with Crippen LogP contribution < -0.4 is 0 Å². The van der Waals surface area contributed by atoms with Gasteiger partial charge in [0.1, 0.15) is 18.3 Å². The zero-order valence-corrected chi connectivity index (χ0v) is 23.7. The van der Waals surface area contributed by atoms with Crippen LogP contribution in [0.5, 0.6) is 0 Å². The second-order valence-corrected chi connectivity index (χ2v) is 12.1. The fourth-order valence-electron chi connectivity index (χ4n) is 7.96. The smallest absolute Gasteiger partial charge is 0.311 e. The third kappa shape index (κ3) is 5.11.